The predicted octanol–water partition coefficient (Wildman–Crippen LogP) is 3.78. The Labute approximate surface area is 146 Å². The fraction of sp³-hybridized carbons (Fsp3) is 0.235. The molecule has 0 aliphatic rings. The lowest BCUT2D eigenvalue weighted by Gasteiger charge is -2.06. The summed E-state index contributed by atoms with van der Waals surface area (Å²) in [6, 6.07) is 3.53. The third kappa shape index (κ3) is 3.62. The third-order valence-electron chi connectivity index (χ3n) is 3.55. The first-order valence-corrected chi connectivity index (χ1v) is 7.87. The number of rotatable bonds is 5. The van der Waals surface area contributed by atoms with Gasteiger partial charge in [0, 0.05) is 15.7 Å². The highest BCUT2D eigenvalue weighted by atomic mass is 79.9. The van der Waals surface area contributed by atoms with Crippen molar-refractivity contribution < 1.29 is 23.5 Å². The summed E-state index contributed by atoms with van der Waals surface area (Å²) >= 11 is 3.07. The summed E-state index contributed by atoms with van der Waals surface area (Å²) in [6.45, 7) is 4.29. The molecule has 5 nitrogen and oxygen atoms in total. The van der Waals surface area contributed by atoms with E-state index in [2.05, 4.69) is 20.9 Å². The average Bonchev–Trinajstić information content (AvgIpc) is 2.79. The number of aryl methyl sites for hydroxylation is 1. The summed E-state index contributed by atoms with van der Waals surface area (Å²) in [5.41, 5.74) is 1.95. The highest BCUT2D eigenvalue weighted by Gasteiger charge is 2.21. The monoisotopic (exact) mass is 395 g/mol. The number of halogens is 2. The summed E-state index contributed by atoms with van der Waals surface area (Å²) in [4.78, 5) is 38.7. The van der Waals surface area contributed by atoms with Crippen molar-refractivity contribution >= 4 is 33.5 Å². The minimum Gasteiger partial charge on any atom is -0.454 e. The lowest BCUT2D eigenvalue weighted by Crippen LogP contribution is -2.16. The molecule has 0 aliphatic heterocycles. The molecule has 24 heavy (non-hydrogen) atoms. The van der Waals surface area contributed by atoms with Crippen molar-refractivity contribution in [2.75, 3.05) is 6.61 Å². The number of Topliss-reactive ketones (excluding diaryl/α,β-unsaturated/α-hetero) is 2. The molecule has 0 radical (unpaired) electrons. The van der Waals surface area contributed by atoms with Crippen LogP contribution < -0.4 is 0 Å². The summed E-state index contributed by atoms with van der Waals surface area (Å²) in [5.74, 6) is -1.84. The largest absolute Gasteiger partial charge is 0.454 e. The van der Waals surface area contributed by atoms with Gasteiger partial charge in [-0.3, -0.25) is 9.59 Å². The molecule has 1 aromatic heterocycles. The van der Waals surface area contributed by atoms with E-state index in [0.717, 1.165) is 12.1 Å². The Morgan fingerprint density at radius 1 is 1.25 bits per heavy atom. The van der Waals surface area contributed by atoms with Crippen LogP contribution in [0.1, 0.15) is 49.4 Å². The molecule has 0 amide bonds. The van der Waals surface area contributed by atoms with Gasteiger partial charge in [-0.15, -0.1) is 0 Å². The van der Waals surface area contributed by atoms with Crippen LogP contribution in [0, 0.1) is 19.7 Å². The normalized spacial score (nSPS) is 10.5. The lowest BCUT2D eigenvalue weighted by molar-refractivity contribution is 0.0472. The maximum absolute atomic E-state index is 13.0. The van der Waals surface area contributed by atoms with Crippen molar-refractivity contribution in [3.05, 3.63) is 56.6 Å². The van der Waals surface area contributed by atoms with Crippen LogP contribution in [-0.2, 0) is 4.74 Å². The van der Waals surface area contributed by atoms with Crippen molar-refractivity contribution in [3.8, 4) is 0 Å². The van der Waals surface area contributed by atoms with E-state index < -0.39 is 24.2 Å². The average molecular weight is 396 g/mol. The zero-order valence-corrected chi connectivity index (χ0v) is 14.9. The number of benzene rings is 1. The minimum atomic E-state index is -0.747. The van der Waals surface area contributed by atoms with E-state index in [1.807, 2.05) is 0 Å². The van der Waals surface area contributed by atoms with Crippen LogP contribution in [0.15, 0.2) is 22.7 Å². The van der Waals surface area contributed by atoms with Gasteiger partial charge < -0.3 is 9.72 Å². The second kappa shape index (κ2) is 7.09. The third-order valence-corrected chi connectivity index (χ3v) is 4.21. The Morgan fingerprint density at radius 2 is 1.92 bits per heavy atom. The van der Waals surface area contributed by atoms with Gasteiger partial charge in [0.15, 0.2) is 12.4 Å². The molecule has 0 unspecified atom stereocenters. The van der Waals surface area contributed by atoms with Gasteiger partial charge in [-0.05, 0) is 60.5 Å². The summed E-state index contributed by atoms with van der Waals surface area (Å²) in [5, 5.41) is 0. The maximum atomic E-state index is 13.0. The van der Waals surface area contributed by atoms with Gasteiger partial charge in [-0.1, -0.05) is 0 Å². The smallest absolute Gasteiger partial charge is 0.339 e. The molecule has 0 aliphatic carbocycles. The number of H-pyrrole nitrogens is 1. The predicted molar refractivity (Wildman–Crippen MR) is 89.0 cm³/mol. The quantitative estimate of drug-likeness (QED) is 0.617. The van der Waals surface area contributed by atoms with Crippen LogP contribution in [0.5, 0.6) is 0 Å². The molecule has 7 heteroatoms. The number of carbonyl (C=O) groups excluding carboxylic acids is 3. The Kier molecular flexibility index (Phi) is 5.33. The maximum Gasteiger partial charge on any atom is 0.339 e. The molecule has 1 aromatic carbocycles. The summed E-state index contributed by atoms with van der Waals surface area (Å²) < 4.78 is 18.3. The highest BCUT2D eigenvalue weighted by Crippen LogP contribution is 2.21. The first kappa shape index (κ1) is 18.1. The minimum absolute atomic E-state index is 0.119. The Hall–Kier alpha value is -2.28. The first-order valence-electron chi connectivity index (χ1n) is 7.07. The van der Waals surface area contributed by atoms with Crippen LogP contribution in [0.2, 0.25) is 0 Å². The summed E-state index contributed by atoms with van der Waals surface area (Å²) in [7, 11) is 0. The van der Waals surface area contributed by atoms with Gasteiger partial charge in [0.05, 0.1) is 11.3 Å². The van der Waals surface area contributed by atoms with Gasteiger partial charge in [-0.2, -0.15) is 0 Å². The lowest BCUT2D eigenvalue weighted by atomic mass is 10.1. The number of hydrogen-bond acceptors (Lipinski definition) is 4. The SMILES string of the molecule is CC(=O)c1c(C)[nH]c(C(=O)COC(=O)c2ccc(F)cc2Br)c1C. The fourth-order valence-electron chi connectivity index (χ4n) is 2.49. The van der Waals surface area contributed by atoms with E-state index in [4.69, 9.17) is 4.74 Å². The molecule has 1 heterocycles. The topological polar surface area (TPSA) is 76.2 Å². The Bertz CT molecular complexity index is 841. The fourth-order valence-corrected chi connectivity index (χ4v) is 3.01. The zero-order valence-electron chi connectivity index (χ0n) is 13.3. The van der Waals surface area contributed by atoms with Gasteiger partial charge in [0.2, 0.25) is 5.78 Å². The van der Waals surface area contributed by atoms with Crippen LogP contribution in [0.3, 0.4) is 0 Å². The number of ether oxygens (including phenoxy) is 1. The van der Waals surface area contributed by atoms with Gasteiger partial charge >= 0.3 is 5.97 Å². The highest BCUT2D eigenvalue weighted by molar-refractivity contribution is 9.10. The van der Waals surface area contributed by atoms with Crippen molar-refractivity contribution in [3.63, 3.8) is 0 Å². The van der Waals surface area contributed by atoms with Crippen molar-refractivity contribution in [1.29, 1.82) is 0 Å². The zero-order chi connectivity index (χ0) is 18.0. The summed E-state index contributed by atoms with van der Waals surface area (Å²) in [6.07, 6.45) is 0. The molecule has 0 saturated heterocycles. The van der Waals surface area contributed by atoms with Gasteiger partial charge in [0.1, 0.15) is 5.82 Å². The molecule has 0 fully saturated rings. The van der Waals surface area contributed by atoms with E-state index in [1.165, 1.54) is 13.0 Å². The van der Waals surface area contributed by atoms with Crippen LogP contribution in [0.25, 0.3) is 0 Å². The van der Waals surface area contributed by atoms with Crippen LogP contribution >= 0.6 is 15.9 Å². The Morgan fingerprint density at radius 3 is 2.46 bits per heavy atom. The molecule has 126 valence electrons. The molecular formula is C17H15BrFNO4. The van der Waals surface area contributed by atoms with Gasteiger partial charge in [0.25, 0.3) is 0 Å². The number of hydrogen-bond donors (Lipinski definition) is 1. The Balaban J connectivity index is 2.12. The number of esters is 1. The molecule has 0 saturated carbocycles. The second-order valence-corrected chi connectivity index (χ2v) is 6.16. The second-order valence-electron chi connectivity index (χ2n) is 5.30. The van der Waals surface area contributed by atoms with E-state index in [0.29, 0.717) is 16.8 Å². The van der Waals surface area contributed by atoms with E-state index in [-0.39, 0.29) is 21.5 Å². The van der Waals surface area contributed by atoms with Crippen molar-refractivity contribution in [2.45, 2.75) is 20.8 Å². The molecule has 0 bridgehead atoms. The van der Waals surface area contributed by atoms with Crippen LogP contribution in [-0.4, -0.2) is 29.1 Å². The number of carbonyl (C=O) groups is 3. The van der Waals surface area contributed by atoms with E-state index in [1.54, 1.807) is 13.8 Å². The van der Waals surface area contributed by atoms with Crippen molar-refractivity contribution in [1.82, 2.24) is 4.98 Å². The van der Waals surface area contributed by atoms with E-state index in [9.17, 15) is 18.8 Å². The van der Waals surface area contributed by atoms with Crippen molar-refractivity contribution in [2.24, 2.45) is 0 Å². The van der Waals surface area contributed by atoms with E-state index >= 15 is 0 Å². The molecule has 1 N–H and O–H groups in total. The number of nitrogens with one attached hydrogen (secondary N) is 1. The molecule has 2 aromatic rings. The molecule has 0 atom stereocenters. The standard InChI is InChI=1S/C17H15BrFNO4/c1-8-15(10(3)21)9(2)20-16(8)14(22)7-24-17(23)12-5-4-11(19)6-13(12)18/h4-6,20H,7H2,1-3H3. The van der Waals surface area contributed by atoms with Gasteiger partial charge in [-0.25, -0.2) is 9.18 Å². The first-order chi connectivity index (χ1) is 11.2. The number of aromatic amines is 1. The molecular weight excluding hydrogens is 381 g/mol. The van der Waals surface area contributed by atoms with Crippen LogP contribution in [0.4, 0.5) is 4.39 Å². The number of ketones is 2. The molecule has 0 spiro atoms. The number of aromatic nitrogens is 1. The molecule has 2 rings (SSSR count).